The van der Waals surface area contributed by atoms with Crippen molar-refractivity contribution in [3.8, 4) is 0 Å². The largest absolute Gasteiger partial charge is 0.454 e. The maximum absolute atomic E-state index is 13.0. The number of nitrogens with one attached hydrogen (secondary N) is 1. The number of nitrogens with zero attached hydrogens (tertiary/aromatic N) is 1. The lowest BCUT2D eigenvalue weighted by Gasteiger charge is -2.28. The van der Waals surface area contributed by atoms with Gasteiger partial charge >= 0.3 is 5.97 Å². The summed E-state index contributed by atoms with van der Waals surface area (Å²) in [6.07, 6.45) is 0.810. The Hall–Kier alpha value is -0.970. The van der Waals surface area contributed by atoms with Crippen LogP contribution >= 0.6 is 59.4 Å². The lowest BCUT2D eigenvalue weighted by Crippen LogP contribution is -2.45. The number of carbonyl (C=O) groups is 4. The summed E-state index contributed by atoms with van der Waals surface area (Å²) in [6, 6.07) is 3.84. The summed E-state index contributed by atoms with van der Waals surface area (Å²) in [5.41, 5.74) is 0.376. The summed E-state index contributed by atoms with van der Waals surface area (Å²) >= 11 is 16.6. The van der Waals surface area contributed by atoms with Gasteiger partial charge in [-0.15, -0.1) is 0 Å². The molecule has 1 aliphatic heterocycles. The van der Waals surface area contributed by atoms with Crippen LogP contribution < -0.4 is 5.32 Å². The predicted octanol–water partition coefficient (Wildman–Crippen LogP) is 3.75. The van der Waals surface area contributed by atoms with Crippen molar-refractivity contribution in [3.05, 3.63) is 27.7 Å². The van der Waals surface area contributed by atoms with Gasteiger partial charge in [0.2, 0.25) is 11.8 Å². The van der Waals surface area contributed by atoms with E-state index in [4.69, 9.17) is 16.3 Å². The van der Waals surface area contributed by atoms with E-state index in [1.165, 1.54) is 6.92 Å². The van der Waals surface area contributed by atoms with Crippen LogP contribution in [0.5, 0.6) is 0 Å². The number of imide groups is 1. The molecule has 0 unspecified atom stereocenters. The Morgan fingerprint density at radius 1 is 1.19 bits per heavy atom. The molecule has 31 heavy (non-hydrogen) atoms. The van der Waals surface area contributed by atoms with Gasteiger partial charge in [0, 0.05) is 14.1 Å². The summed E-state index contributed by atoms with van der Waals surface area (Å²) in [4.78, 5) is 51.9. The maximum atomic E-state index is 13.0. The van der Waals surface area contributed by atoms with Crippen molar-refractivity contribution in [1.29, 1.82) is 0 Å². The van der Waals surface area contributed by atoms with E-state index in [1.807, 2.05) is 0 Å². The minimum absolute atomic E-state index is 0.0606. The minimum Gasteiger partial charge on any atom is -0.454 e. The Kier molecular flexibility index (Phi) is 6.55. The molecule has 0 radical (unpaired) electrons. The number of anilines is 1. The van der Waals surface area contributed by atoms with Gasteiger partial charge in [0.25, 0.3) is 5.91 Å². The highest BCUT2D eigenvalue weighted by atomic mass is 79.9. The molecule has 1 aromatic rings. The Labute approximate surface area is 208 Å². The molecule has 0 spiro atoms. The van der Waals surface area contributed by atoms with Crippen molar-refractivity contribution < 1.29 is 23.9 Å². The van der Waals surface area contributed by atoms with Crippen LogP contribution in [0.15, 0.2) is 22.7 Å². The van der Waals surface area contributed by atoms with Crippen molar-refractivity contribution in [1.82, 2.24) is 4.90 Å². The zero-order valence-corrected chi connectivity index (χ0v) is 21.7. The molecule has 4 rings (SSSR count). The van der Waals surface area contributed by atoms with Gasteiger partial charge in [-0.2, -0.15) is 0 Å². The van der Waals surface area contributed by atoms with Crippen molar-refractivity contribution in [3.63, 3.8) is 0 Å². The van der Waals surface area contributed by atoms with Crippen LogP contribution in [-0.4, -0.2) is 50.9 Å². The van der Waals surface area contributed by atoms with Gasteiger partial charge < -0.3 is 10.1 Å². The fourth-order valence-electron chi connectivity index (χ4n) is 4.89. The first-order valence-electron chi connectivity index (χ1n) is 9.68. The summed E-state index contributed by atoms with van der Waals surface area (Å²) in [5.74, 6) is -2.75. The molecule has 2 saturated carbocycles. The quantitative estimate of drug-likeness (QED) is 0.301. The third-order valence-electron chi connectivity index (χ3n) is 6.30. The normalized spacial score (nSPS) is 32.2. The standard InChI is InChI=1S/C20H18Br3ClN2O5/c1-7(20(30)31-6-13(27)25-12-3-2-8(21)4-11(12)24)26-18(28)14-9-5-10(15(14)19(26)29)17(23)16(9)22/h2-4,7,9-10,14-17H,5-6H2,1H3,(H,25,27)/t7-,9-,10-,14-,15+,16+,17+/m1/s1. The number of alkyl halides is 2. The van der Waals surface area contributed by atoms with Crippen molar-refractivity contribution in [2.75, 3.05) is 11.9 Å². The van der Waals surface area contributed by atoms with Gasteiger partial charge in [0.15, 0.2) is 6.61 Å². The van der Waals surface area contributed by atoms with Crippen molar-refractivity contribution >= 4 is 88.8 Å². The predicted molar refractivity (Wildman–Crippen MR) is 124 cm³/mol. The summed E-state index contributed by atoms with van der Waals surface area (Å²) < 4.78 is 5.83. The summed E-state index contributed by atoms with van der Waals surface area (Å²) in [5, 5.41) is 2.88. The Bertz CT molecular complexity index is 944. The molecule has 0 aromatic heterocycles. The average molecular weight is 642 g/mol. The molecule has 1 N–H and O–H groups in total. The molecule has 166 valence electrons. The van der Waals surface area contributed by atoms with E-state index in [9.17, 15) is 19.2 Å². The third kappa shape index (κ3) is 3.98. The first-order chi connectivity index (χ1) is 14.6. The van der Waals surface area contributed by atoms with E-state index in [0.717, 1.165) is 15.8 Å². The molecule has 2 bridgehead atoms. The number of fused-ring (bicyclic) bond motifs is 5. The van der Waals surface area contributed by atoms with Crippen LogP contribution in [0.3, 0.4) is 0 Å². The molecule has 3 amide bonds. The number of rotatable bonds is 5. The minimum atomic E-state index is -1.10. The average Bonchev–Trinajstić information content (AvgIpc) is 3.32. The van der Waals surface area contributed by atoms with Gasteiger partial charge in [-0.25, -0.2) is 4.79 Å². The first kappa shape index (κ1) is 23.2. The lowest BCUT2D eigenvalue weighted by atomic mass is 9.81. The molecular formula is C20H18Br3ClN2O5. The van der Waals surface area contributed by atoms with E-state index < -0.39 is 36.4 Å². The number of carbonyl (C=O) groups excluding carboxylic acids is 4. The highest BCUT2D eigenvalue weighted by Gasteiger charge is 2.67. The Morgan fingerprint density at radius 2 is 1.77 bits per heavy atom. The van der Waals surface area contributed by atoms with Crippen LogP contribution in [0.4, 0.5) is 5.69 Å². The molecule has 1 saturated heterocycles. The fraction of sp³-hybridized carbons (Fsp3) is 0.500. The van der Waals surface area contributed by atoms with Crippen molar-refractivity contribution in [2.24, 2.45) is 23.7 Å². The Balaban J connectivity index is 1.37. The van der Waals surface area contributed by atoms with E-state index in [1.54, 1.807) is 18.2 Å². The second-order valence-electron chi connectivity index (χ2n) is 8.01. The van der Waals surface area contributed by atoms with Crippen LogP contribution in [0, 0.1) is 23.7 Å². The molecule has 1 aromatic carbocycles. The first-order valence-corrected chi connectivity index (χ1v) is 12.7. The zero-order chi connectivity index (χ0) is 22.6. The van der Waals surface area contributed by atoms with Gasteiger partial charge in [-0.1, -0.05) is 59.4 Å². The van der Waals surface area contributed by atoms with Crippen LogP contribution in [0.2, 0.25) is 5.02 Å². The number of esters is 1. The second kappa shape index (κ2) is 8.76. The van der Waals surface area contributed by atoms with Gasteiger partial charge in [-0.3, -0.25) is 19.3 Å². The zero-order valence-electron chi connectivity index (χ0n) is 16.2. The van der Waals surface area contributed by atoms with E-state index in [2.05, 4.69) is 53.1 Å². The molecule has 2 aliphatic carbocycles. The fourth-order valence-corrected chi connectivity index (χ4v) is 7.49. The van der Waals surface area contributed by atoms with Crippen molar-refractivity contribution in [2.45, 2.75) is 29.0 Å². The van der Waals surface area contributed by atoms with Gasteiger partial charge in [-0.05, 0) is 43.4 Å². The molecule has 7 atom stereocenters. The van der Waals surface area contributed by atoms with Crippen LogP contribution in [-0.2, 0) is 23.9 Å². The maximum Gasteiger partial charge on any atom is 0.329 e. The van der Waals surface area contributed by atoms with E-state index >= 15 is 0 Å². The molecular weight excluding hydrogens is 623 g/mol. The molecule has 1 heterocycles. The number of hydrogen-bond acceptors (Lipinski definition) is 5. The number of ether oxygens (including phenoxy) is 1. The second-order valence-corrected chi connectivity index (χ2v) is 11.4. The smallest absolute Gasteiger partial charge is 0.329 e. The number of benzene rings is 1. The molecule has 7 nitrogen and oxygen atoms in total. The van der Waals surface area contributed by atoms with Crippen LogP contribution in [0.25, 0.3) is 0 Å². The van der Waals surface area contributed by atoms with E-state index in [-0.39, 0.29) is 33.3 Å². The monoisotopic (exact) mass is 638 g/mol. The van der Waals surface area contributed by atoms with Gasteiger partial charge in [0.1, 0.15) is 6.04 Å². The van der Waals surface area contributed by atoms with Gasteiger partial charge in [0.05, 0.1) is 22.5 Å². The van der Waals surface area contributed by atoms with E-state index in [0.29, 0.717) is 10.7 Å². The summed E-state index contributed by atoms with van der Waals surface area (Å²) in [7, 11) is 0. The SMILES string of the molecule is C[C@H](C(=O)OCC(=O)Nc1ccc(Br)cc1Cl)N1C(=O)[C@@H]2[C@H]3C[C@@H]([C@H](Br)[C@H]3Br)[C@@H]2C1=O. The topological polar surface area (TPSA) is 92.8 Å². The third-order valence-corrected chi connectivity index (χ3v) is 10.3. The molecule has 11 heteroatoms. The number of likely N-dealkylation sites (tertiary alicyclic amines) is 1. The van der Waals surface area contributed by atoms with Crippen LogP contribution in [0.1, 0.15) is 13.3 Å². The number of halogens is 4. The lowest BCUT2D eigenvalue weighted by molar-refractivity contribution is -0.159. The highest BCUT2D eigenvalue weighted by molar-refractivity contribution is 9.12. The molecule has 3 fully saturated rings. The number of hydrogen-bond donors (Lipinski definition) is 1. The highest BCUT2D eigenvalue weighted by Crippen LogP contribution is 2.60. The Morgan fingerprint density at radius 3 is 2.32 bits per heavy atom. The summed E-state index contributed by atoms with van der Waals surface area (Å²) in [6.45, 7) is 0.888. The molecule has 3 aliphatic rings. The number of amides is 3.